The number of nitrogens with zero attached hydrogens (tertiary/aromatic N) is 2. The lowest BCUT2D eigenvalue weighted by atomic mass is 10.3. The fraction of sp³-hybridized carbons (Fsp3) is 0.900. The van der Waals surface area contributed by atoms with Crippen molar-refractivity contribution >= 4 is 5.96 Å². The van der Waals surface area contributed by atoms with Crippen LogP contribution in [0.4, 0.5) is 0 Å². The number of unbranched alkanes of at least 4 members (excludes halogenated alkanes) is 1. The van der Waals surface area contributed by atoms with Gasteiger partial charge in [-0.15, -0.1) is 0 Å². The highest BCUT2D eigenvalue weighted by Crippen LogP contribution is 1.90. The first-order valence-electron chi connectivity index (χ1n) is 5.56. The second kappa shape index (κ2) is 9.73. The van der Waals surface area contributed by atoms with Gasteiger partial charge < -0.3 is 9.64 Å². The highest BCUT2D eigenvalue weighted by molar-refractivity contribution is 5.79. The molecule has 0 unspecified atom stereocenters. The van der Waals surface area contributed by atoms with Gasteiger partial charge in [-0.05, 0) is 13.3 Å². The Bertz CT molecular complexity index is 173. The van der Waals surface area contributed by atoms with Gasteiger partial charge in [0.2, 0.25) is 5.96 Å². The lowest BCUT2D eigenvalue weighted by molar-refractivity contribution is 0.136. The van der Waals surface area contributed by atoms with Crippen molar-refractivity contribution in [2.45, 2.75) is 26.7 Å². The van der Waals surface area contributed by atoms with E-state index in [4.69, 9.17) is 10.6 Å². The average molecular weight is 216 g/mol. The van der Waals surface area contributed by atoms with Crippen molar-refractivity contribution in [3.63, 3.8) is 0 Å². The van der Waals surface area contributed by atoms with Crippen molar-refractivity contribution in [2.75, 3.05) is 33.4 Å². The summed E-state index contributed by atoms with van der Waals surface area (Å²) < 4.78 is 5.26. The van der Waals surface area contributed by atoms with Crippen molar-refractivity contribution < 1.29 is 4.74 Å². The molecule has 0 aliphatic heterocycles. The molecular formula is C10H24N4O. The van der Waals surface area contributed by atoms with E-state index in [0.717, 1.165) is 38.5 Å². The van der Waals surface area contributed by atoms with Gasteiger partial charge in [-0.2, -0.15) is 0 Å². The number of rotatable bonds is 7. The smallest absolute Gasteiger partial charge is 0.208 e. The average Bonchev–Trinajstić information content (AvgIpc) is 2.24. The summed E-state index contributed by atoms with van der Waals surface area (Å²) in [6, 6.07) is 0. The zero-order valence-corrected chi connectivity index (χ0v) is 10.1. The molecule has 90 valence electrons. The predicted octanol–water partition coefficient (Wildman–Crippen LogP) is 0.574. The van der Waals surface area contributed by atoms with Crippen LogP contribution in [0.25, 0.3) is 0 Å². The summed E-state index contributed by atoms with van der Waals surface area (Å²) in [4.78, 5) is 6.33. The van der Waals surface area contributed by atoms with Crippen LogP contribution in [0.2, 0.25) is 0 Å². The topological polar surface area (TPSA) is 62.9 Å². The summed E-state index contributed by atoms with van der Waals surface area (Å²) in [6.07, 6.45) is 2.23. The molecule has 15 heavy (non-hydrogen) atoms. The first-order chi connectivity index (χ1) is 7.26. The van der Waals surface area contributed by atoms with Gasteiger partial charge in [-0.3, -0.25) is 10.4 Å². The molecule has 0 saturated carbocycles. The molecular weight excluding hydrogens is 192 g/mol. The van der Waals surface area contributed by atoms with Crippen molar-refractivity contribution in [2.24, 2.45) is 10.8 Å². The van der Waals surface area contributed by atoms with E-state index in [2.05, 4.69) is 17.3 Å². The number of nitrogens with one attached hydrogen (secondary N) is 1. The van der Waals surface area contributed by atoms with Crippen LogP contribution in [-0.2, 0) is 4.74 Å². The van der Waals surface area contributed by atoms with Gasteiger partial charge in [0, 0.05) is 26.7 Å². The van der Waals surface area contributed by atoms with Crippen LogP contribution >= 0.6 is 0 Å². The number of hydrogen-bond acceptors (Lipinski definition) is 3. The molecule has 5 heteroatoms. The third-order valence-electron chi connectivity index (χ3n) is 2.04. The Balaban J connectivity index is 3.86. The number of likely N-dealkylation sites (N-methyl/N-ethyl adjacent to an activating group) is 1. The number of hydrogen-bond donors (Lipinski definition) is 2. The van der Waals surface area contributed by atoms with E-state index in [1.807, 2.05) is 18.9 Å². The Hall–Kier alpha value is -0.810. The van der Waals surface area contributed by atoms with Gasteiger partial charge in [0.15, 0.2) is 0 Å². The number of nitrogens with two attached hydrogens (primary N) is 1. The summed E-state index contributed by atoms with van der Waals surface area (Å²) in [7, 11) is 1.95. The van der Waals surface area contributed by atoms with Crippen LogP contribution in [0.3, 0.4) is 0 Å². The van der Waals surface area contributed by atoms with Crippen LogP contribution in [0.15, 0.2) is 4.99 Å². The molecule has 0 heterocycles. The van der Waals surface area contributed by atoms with Gasteiger partial charge in [-0.1, -0.05) is 13.3 Å². The normalized spacial score (nSPS) is 11.6. The molecule has 0 atom stereocenters. The van der Waals surface area contributed by atoms with Crippen LogP contribution in [0.1, 0.15) is 26.7 Å². The Morgan fingerprint density at radius 3 is 2.73 bits per heavy atom. The molecule has 0 rings (SSSR count). The Morgan fingerprint density at radius 2 is 2.20 bits per heavy atom. The number of aliphatic imine (C=N–C) groups is 1. The molecule has 0 aromatic heterocycles. The van der Waals surface area contributed by atoms with E-state index in [1.165, 1.54) is 0 Å². The molecule has 0 radical (unpaired) electrons. The minimum absolute atomic E-state index is 0.696. The molecule has 0 aliphatic carbocycles. The molecule has 0 aromatic rings. The largest absolute Gasteiger partial charge is 0.380 e. The predicted molar refractivity (Wildman–Crippen MR) is 63.7 cm³/mol. The maximum Gasteiger partial charge on any atom is 0.208 e. The number of guanidine groups is 1. The summed E-state index contributed by atoms with van der Waals surface area (Å²) in [5, 5.41) is 0. The van der Waals surface area contributed by atoms with Crippen LogP contribution in [-0.4, -0.2) is 44.2 Å². The lowest BCUT2D eigenvalue weighted by Crippen LogP contribution is -2.44. The Kier molecular flexibility index (Phi) is 9.21. The fourth-order valence-electron chi connectivity index (χ4n) is 1.07. The van der Waals surface area contributed by atoms with Gasteiger partial charge in [0.25, 0.3) is 0 Å². The quantitative estimate of drug-likeness (QED) is 0.215. The number of hydrazine groups is 1. The molecule has 0 amide bonds. The Labute approximate surface area is 92.7 Å². The highest BCUT2D eigenvalue weighted by atomic mass is 16.5. The maximum absolute atomic E-state index is 5.40. The highest BCUT2D eigenvalue weighted by Gasteiger charge is 2.03. The minimum Gasteiger partial charge on any atom is -0.380 e. The van der Waals surface area contributed by atoms with E-state index < -0.39 is 0 Å². The standard InChI is InChI=1S/C10H24N4O/c1-4-6-7-12-10(13-11)14(3)8-9-15-5-2/h4-9,11H2,1-3H3,(H,12,13). The molecule has 0 aliphatic rings. The van der Waals surface area contributed by atoms with E-state index in [9.17, 15) is 0 Å². The molecule has 5 nitrogen and oxygen atoms in total. The van der Waals surface area contributed by atoms with Crippen molar-refractivity contribution in [1.29, 1.82) is 0 Å². The first-order valence-corrected chi connectivity index (χ1v) is 5.56. The molecule has 0 fully saturated rings. The van der Waals surface area contributed by atoms with Crippen molar-refractivity contribution in [1.82, 2.24) is 10.3 Å². The van der Waals surface area contributed by atoms with E-state index in [-0.39, 0.29) is 0 Å². The molecule has 0 aromatic carbocycles. The van der Waals surface area contributed by atoms with Crippen molar-refractivity contribution in [3.8, 4) is 0 Å². The van der Waals surface area contributed by atoms with E-state index in [1.54, 1.807) is 0 Å². The molecule has 3 N–H and O–H groups in total. The second-order valence-corrected chi connectivity index (χ2v) is 3.32. The molecule has 0 saturated heterocycles. The zero-order valence-electron chi connectivity index (χ0n) is 10.1. The lowest BCUT2D eigenvalue weighted by Gasteiger charge is -2.20. The monoisotopic (exact) mass is 216 g/mol. The van der Waals surface area contributed by atoms with Crippen LogP contribution < -0.4 is 11.3 Å². The Morgan fingerprint density at radius 1 is 1.47 bits per heavy atom. The second-order valence-electron chi connectivity index (χ2n) is 3.32. The number of ether oxygens (including phenoxy) is 1. The molecule has 0 bridgehead atoms. The van der Waals surface area contributed by atoms with Gasteiger partial charge in [0.05, 0.1) is 6.61 Å². The summed E-state index contributed by atoms with van der Waals surface area (Å²) in [5.74, 6) is 6.12. The van der Waals surface area contributed by atoms with Crippen LogP contribution in [0, 0.1) is 0 Å². The van der Waals surface area contributed by atoms with Gasteiger partial charge in [0.1, 0.15) is 0 Å². The SMILES string of the molecule is CCCCN=C(NN)N(C)CCOCC. The van der Waals surface area contributed by atoms with Crippen LogP contribution in [0.5, 0.6) is 0 Å². The third kappa shape index (κ3) is 7.16. The third-order valence-corrected chi connectivity index (χ3v) is 2.04. The first kappa shape index (κ1) is 14.2. The van der Waals surface area contributed by atoms with Gasteiger partial charge in [-0.25, -0.2) is 5.84 Å². The fourth-order valence-corrected chi connectivity index (χ4v) is 1.07. The van der Waals surface area contributed by atoms with E-state index in [0.29, 0.717) is 6.61 Å². The van der Waals surface area contributed by atoms with E-state index >= 15 is 0 Å². The minimum atomic E-state index is 0.696. The zero-order chi connectivity index (χ0) is 11.5. The molecule has 0 spiro atoms. The maximum atomic E-state index is 5.40. The summed E-state index contributed by atoms with van der Waals surface area (Å²) >= 11 is 0. The summed E-state index contributed by atoms with van der Waals surface area (Å²) in [6.45, 7) is 7.17. The van der Waals surface area contributed by atoms with Gasteiger partial charge >= 0.3 is 0 Å². The summed E-state index contributed by atoms with van der Waals surface area (Å²) in [5.41, 5.74) is 2.61. The van der Waals surface area contributed by atoms with Crippen molar-refractivity contribution in [3.05, 3.63) is 0 Å².